The summed E-state index contributed by atoms with van der Waals surface area (Å²) in [7, 11) is 0. The maximum absolute atomic E-state index is 12.6. The summed E-state index contributed by atoms with van der Waals surface area (Å²) in [5.41, 5.74) is 4.39. The zero-order valence-electron chi connectivity index (χ0n) is 18.7. The van der Waals surface area contributed by atoms with Crippen molar-refractivity contribution in [1.82, 2.24) is 19.2 Å². The number of fused-ring (bicyclic) bond motifs is 2. The Kier molecular flexibility index (Phi) is 5.62. The summed E-state index contributed by atoms with van der Waals surface area (Å²) in [6, 6.07) is 14.6. The molecule has 0 radical (unpaired) electrons. The van der Waals surface area contributed by atoms with E-state index in [1.807, 2.05) is 11.0 Å². The van der Waals surface area contributed by atoms with Crippen LogP contribution < -0.4 is 0 Å². The Morgan fingerprint density at radius 2 is 1.73 bits per heavy atom. The highest BCUT2D eigenvalue weighted by atomic mass is 79.9. The lowest BCUT2D eigenvalue weighted by Crippen LogP contribution is -2.35. The molecule has 172 valence electrons. The van der Waals surface area contributed by atoms with Crippen LogP contribution in [0.1, 0.15) is 31.4 Å². The average molecular weight is 509 g/mol. The maximum atomic E-state index is 12.6. The van der Waals surface area contributed by atoms with Crippen LogP contribution >= 0.6 is 15.9 Å². The summed E-state index contributed by atoms with van der Waals surface area (Å²) in [5, 5.41) is 0. The minimum absolute atomic E-state index is 0.0952. The second-order valence-electron chi connectivity index (χ2n) is 9.75. The van der Waals surface area contributed by atoms with Crippen molar-refractivity contribution in [2.75, 3.05) is 26.2 Å². The summed E-state index contributed by atoms with van der Waals surface area (Å²) >= 11 is 3.54. The summed E-state index contributed by atoms with van der Waals surface area (Å²) in [4.78, 5) is 22.1. The fourth-order valence-corrected chi connectivity index (χ4v) is 6.10. The van der Waals surface area contributed by atoms with Crippen molar-refractivity contribution in [3.05, 3.63) is 58.8 Å². The first-order valence-corrected chi connectivity index (χ1v) is 12.8. The Bertz CT molecular complexity index is 1140. The molecule has 2 saturated heterocycles. The van der Waals surface area contributed by atoms with Crippen molar-refractivity contribution in [2.24, 2.45) is 11.8 Å². The molecule has 1 amide bonds. The largest absolute Gasteiger partial charge is 0.446 e. The number of carbonyl (C=O) groups is 1. The van der Waals surface area contributed by atoms with Gasteiger partial charge in [0, 0.05) is 49.0 Å². The first-order chi connectivity index (χ1) is 16.1. The molecule has 4 heterocycles. The Morgan fingerprint density at radius 3 is 2.45 bits per heavy atom. The van der Waals surface area contributed by atoms with Crippen molar-refractivity contribution in [2.45, 2.75) is 38.3 Å². The zero-order chi connectivity index (χ0) is 22.4. The molecule has 3 aromatic rings. The van der Waals surface area contributed by atoms with Crippen LogP contribution in [0, 0.1) is 11.8 Å². The van der Waals surface area contributed by atoms with E-state index in [9.17, 15) is 4.79 Å². The molecule has 7 heteroatoms. The van der Waals surface area contributed by atoms with Crippen LogP contribution in [0.2, 0.25) is 0 Å². The fourth-order valence-electron chi connectivity index (χ4n) is 5.84. The molecule has 2 atom stereocenters. The number of halogens is 1. The van der Waals surface area contributed by atoms with Gasteiger partial charge in [-0.05, 0) is 61.8 Å². The molecule has 1 aliphatic carbocycles. The molecule has 0 N–H and O–H groups in total. The summed E-state index contributed by atoms with van der Waals surface area (Å²) < 4.78 is 9.04. The topological polar surface area (TPSA) is 50.1 Å². The lowest BCUT2D eigenvalue weighted by molar-refractivity contribution is 0.0683. The average Bonchev–Trinajstić information content (AvgIpc) is 3.59. The number of amides is 1. The number of imidazole rings is 1. The molecular formula is C26H29BrN4O2. The number of aromatic nitrogens is 2. The van der Waals surface area contributed by atoms with Gasteiger partial charge in [-0.25, -0.2) is 9.78 Å². The predicted octanol–water partition coefficient (Wildman–Crippen LogP) is 5.21. The van der Waals surface area contributed by atoms with Gasteiger partial charge < -0.3 is 14.0 Å². The summed E-state index contributed by atoms with van der Waals surface area (Å²) in [6.45, 7) is 4.52. The Balaban J connectivity index is 1.16. The van der Waals surface area contributed by atoms with Crippen molar-refractivity contribution in [3.8, 4) is 11.3 Å². The van der Waals surface area contributed by atoms with Gasteiger partial charge in [-0.3, -0.25) is 4.90 Å². The molecule has 1 saturated carbocycles. The second kappa shape index (κ2) is 8.76. The van der Waals surface area contributed by atoms with Gasteiger partial charge in [-0.1, -0.05) is 34.1 Å². The van der Waals surface area contributed by atoms with Crippen LogP contribution in [0.3, 0.4) is 0 Å². The number of ether oxygens (including phenoxy) is 1. The number of rotatable bonds is 4. The van der Waals surface area contributed by atoms with E-state index in [0.29, 0.717) is 11.8 Å². The summed E-state index contributed by atoms with van der Waals surface area (Å²) in [5.74, 6) is 1.05. The number of pyridine rings is 1. The lowest BCUT2D eigenvalue weighted by atomic mass is 10.0. The molecule has 2 aromatic heterocycles. The molecule has 6 nitrogen and oxygen atoms in total. The van der Waals surface area contributed by atoms with E-state index >= 15 is 0 Å². The number of hydrogen-bond acceptors (Lipinski definition) is 4. The standard InChI is InChI=1S/C26H29BrN4O2/c27-21-10-8-18(9-11-21)25-23(31-12-4-3-7-24(31)28-25)17-29-13-19-15-30(16-20(19)14-29)26(32)33-22-5-1-2-6-22/h3-4,7-12,19-20,22H,1-2,5-6,13-17H2. The lowest BCUT2D eigenvalue weighted by Gasteiger charge is -2.23. The van der Waals surface area contributed by atoms with E-state index < -0.39 is 0 Å². The van der Waals surface area contributed by atoms with Crippen LogP contribution in [-0.2, 0) is 11.3 Å². The van der Waals surface area contributed by atoms with Gasteiger partial charge in [0.2, 0.25) is 0 Å². The first kappa shape index (κ1) is 21.2. The maximum Gasteiger partial charge on any atom is 0.410 e. The predicted molar refractivity (Wildman–Crippen MR) is 131 cm³/mol. The van der Waals surface area contributed by atoms with Crippen LogP contribution in [0.15, 0.2) is 53.1 Å². The molecule has 33 heavy (non-hydrogen) atoms. The zero-order valence-corrected chi connectivity index (χ0v) is 20.3. The van der Waals surface area contributed by atoms with Gasteiger partial charge in [0.25, 0.3) is 0 Å². The molecule has 3 aliphatic rings. The molecule has 0 spiro atoms. The van der Waals surface area contributed by atoms with Crippen LogP contribution in [-0.4, -0.2) is 57.6 Å². The van der Waals surface area contributed by atoms with E-state index in [1.165, 1.54) is 18.5 Å². The van der Waals surface area contributed by atoms with E-state index in [1.54, 1.807) is 0 Å². The SMILES string of the molecule is O=C(OC1CCCC1)N1CC2CN(Cc3c(-c4ccc(Br)cc4)nc4ccccn34)CC2C1. The van der Waals surface area contributed by atoms with E-state index in [0.717, 1.165) is 66.9 Å². The van der Waals surface area contributed by atoms with Crippen molar-refractivity contribution >= 4 is 27.7 Å². The smallest absolute Gasteiger partial charge is 0.410 e. The third kappa shape index (κ3) is 4.17. The van der Waals surface area contributed by atoms with Gasteiger partial charge in [-0.15, -0.1) is 0 Å². The van der Waals surface area contributed by atoms with E-state index in [2.05, 4.69) is 67.8 Å². The van der Waals surface area contributed by atoms with Gasteiger partial charge >= 0.3 is 6.09 Å². The molecule has 3 fully saturated rings. The molecule has 6 rings (SSSR count). The van der Waals surface area contributed by atoms with Crippen LogP contribution in [0.4, 0.5) is 4.79 Å². The van der Waals surface area contributed by atoms with Gasteiger partial charge in [0.15, 0.2) is 0 Å². The molecular weight excluding hydrogens is 480 g/mol. The van der Waals surface area contributed by atoms with Crippen molar-refractivity contribution in [3.63, 3.8) is 0 Å². The highest BCUT2D eigenvalue weighted by molar-refractivity contribution is 9.10. The van der Waals surface area contributed by atoms with Crippen molar-refractivity contribution in [1.29, 1.82) is 0 Å². The number of nitrogens with zero attached hydrogens (tertiary/aromatic N) is 4. The molecule has 2 aliphatic heterocycles. The quantitative estimate of drug-likeness (QED) is 0.485. The minimum Gasteiger partial charge on any atom is -0.446 e. The van der Waals surface area contributed by atoms with Crippen LogP contribution in [0.25, 0.3) is 16.9 Å². The highest BCUT2D eigenvalue weighted by Crippen LogP contribution is 2.34. The Morgan fingerprint density at radius 1 is 1.00 bits per heavy atom. The first-order valence-electron chi connectivity index (χ1n) is 12.0. The second-order valence-corrected chi connectivity index (χ2v) is 10.7. The van der Waals surface area contributed by atoms with Gasteiger partial charge in [0.1, 0.15) is 11.8 Å². The molecule has 1 aromatic carbocycles. The normalized spacial score (nSPS) is 23.5. The number of carbonyl (C=O) groups excluding carboxylic acids is 1. The van der Waals surface area contributed by atoms with Crippen LogP contribution in [0.5, 0.6) is 0 Å². The van der Waals surface area contributed by atoms with Gasteiger partial charge in [-0.2, -0.15) is 0 Å². The van der Waals surface area contributed by atoms with Gasteiger partial charge in [0.05, 0.1) is 11.4 Å². The third-order valence-corrected chi connectivity index (χ3v) is 8.04. The Labute approximate surface area is 202 Å². The number of benzene rings is 1. The fraction of sp³-hybridized carbons (Fsp3) is 0.462. The van der Waals surface area contributed by atoms with E-state index in [-0.39, 0.29) is 12.2 Å². The molecule has 2 unspecified atom stereocenters. The number of likely N-dealkylation sites (tertiary alicyclic amines) is 2. The summed E-state index contributed by atoms with van der Waals surface area (Å²) in [6.07, 6.45) is 6.58. The van der Waals surface area contributed by atoms with Crippen molar-refractivity contribution < 1.29 is 9.53 Å². The molecule has 0 bridgehead atoms. The third-order valence-electron chi connectivity index (χ3n) is 7.51. The van der Waals surface area contributed by atoms with E-state index in [4.69, 9.17) is 9.72 Å². The number of hydrogen-bond donors (Lipinski definition) is 0. The Hall–Kier alpha value is -2.38. The minimum atomic E-state index is -0.0952. The highest BCUT2D eigenvalue weighted by Gasteiger charge is 2.42. The monoisotopic (exact) mass is 508 g/mol.